The second-order valence-electron chi connectivity index (χ2n) is 5.25. The fourth-order valence-corrected chi connectivity index (χ4v) is 2.33. The summed E-state index contributed by atoms with van der Waals surface area (Å²) in [5.41, 5.74) is 0.438. The van der Waals surface area contributed by atoms with E-state index >= 15 is 0 Å². The van der Waals surface area contributed by atoms with E-state index < -0.39 is 11.5 Å². The number of aromatic nitrogens is 2. The van der Waals surface area contributed by atoms with E-state index in [9.17, 15) is 14.7 Å². The molecule has 0 fully saturated rings. The lowest BCUT2D eigenvalue weighted by Gasteiger charge is -2.10. The molecule has 0 aliphatic rings. The number of nitrogens with zero attached hydrogens (tertiary/aromatic N) is 2. The monoisotopic (exact) mass is 309 g/mol. The number of fused-ring (bicyclic) bond motifs is 1. The predicted molar refractivity (Wildman–Crippen MR) is 87.8 cm³/mol. The van der Waals surface area contributed by atoms with E-state index in [1.165, 1.54) is 10.6 Å². The normalized spacial score (nSPS) is 10.7. The molecule has 0 saturated heterocycles. The van der Waals surface area contributed by atoms with Crippen LogP contribution in [0, 0.1) is 6.92 Å². The van der Waals surface area contributed by atoms with Crippen molar-refractivity contribution < 1.29 is 9.90 Å². The van der Waals surface area contributed by atoms with Crippen LogP contribution in [0.5, 0.6) is 5.75 Å². The van der Waals surface area contributed by atoms with E-state index in [0.717, 1.165) is 10.9 Å². The van der Waals surface area contributed by atoms with Crippen LogP contribution in [0.2, 0.25) is 0 Å². The van der Waals surface area contributed by atoms with Crippen molar-refractivity contribution in [2.45, 2.75) is 6.92 Å². The first-order valence-electron chi connectivity index (χ1n) is 7.04. The van der Waals surface area contributed by atoms with Crippen LogP contribution >= 0.6 is 0 Å². The van der Waals surface area contributed by atoms with Crippen LogP contribution in [0.1, 0.15) is 16.1 Å². The molecule has 0 radical (unpaired) electrons. The van der Waals surface area contributed by atoms with E-state index in [2.05, 4.69) is 10.3 Å². The number of para-hydroxylation sites is 1. The molecule has 0 aliphatic heterocycles. The molecule has 6 nitrogen and oxygen atoms in total. The summed E-state index contributed by atoms with van der Waals surface area (Å²) in [7, 11) is 1.54. The van der Waals surface area contributed by atoms with Gasteiger partial charge in [0.2, 0.25) is 0 Å². The zero-order valence-corrected chi connectivity index (χ0v) is 12.7. The Morgan fingerprint density at radius 1 is 1.22 bits per heavy atom. The van der Waals surface area contributed by atoms with Crippen LogP contribution in [0.3, 0.4) is 0 Å². The van der Waals surface area contributed by atoms with Crippen molar-refractivity contribution in [3.05, 3.63) is 64.1 Å². The lowest BCUT2D eigenvalue weighted by atomic mass is 10.2. The SMILES string of the molecule is Cc1cc(O)c(C(=O)Nc2ccc3ccccc3n2)c(=O)n1C. The second kappa shape index (κ2) is 5.57. The van der Waals surface area contributed by atoms with Gasteiger partial charge < -0.3 is 15.0 Å². The summed E-state index contributed by atoms with van der Waals surface area (Å²) in [6.45, 7) is 1.67. The molecule has 0 unspecified atom stereocenters. The molecule has 1 aromatic carbocycles. The van der Waals surface area contributed by atoms with Crippen LogP contribution in [-0.2, 0) is 7.05 Å². The number of carbonyl (C=O) groups excluding carboxylic acids is 1. The third kappa shape index (κ3) is 2.66. The minimum Gasteiger partial charge on any atom is -0.507 e. The zero-order chi connectivity index (χ0) is 16.6. The molecule has 2 heterocycles. The molecule has 0 atom stereocenters. The molecule has 0 aliphatic carbocycles. The van der Waals surface area contributed by atoms with E-state index in [0.29, 0.717) is 11.5 Å². The number of benzene rings is 1. The molecule has 6 heteroatoms. The van der Waals surface area contributed by atoms with Crippen molar-refractivity contribution >= 4 is 22.6 Å². The number of hydrogen-bond donors (Lipinski definition) is 2. The average Bonchev–Trinajstić information content (AvgIpc) is 2.52. The smallest absolute Gasteiger partial charge is 0.267 e. The summed E-state index contributed by atoms with van der Waals surface area (Å²) < 4.78 is 1.31. The zero-order valence-electron chi connectivity index (χ0n) is 12.7. The maximum Gasteiger partial charge on any atom is 0.267 e. The first kappa shape index (κ1) is 14.8. The minimum atomic E-state index is -0.689. The van der Waals surface area contributed by atoms with Crippen molar-refractivity contribution in [3.8, 4) is 5.75 Å². The minimum absolute atomic E-state index is 0.298. The highest BCUT2D eigenvalue weighted by Crippen LogP contribution is 2.18. The van der Waals surface area contributed by atoms with Gasteiger partial charge in [-0.15, -0.1) is 0 Å². The Morgan fingerprint density at radius 3 is 2.74 bits per heavy atom. The van der Waals surface area contributed by atoms with Gasteiger partial charge in [0.25, 0.3) is 11.5 Å². The van der Waals surface area contributed by atoms with Crippen LogP contribution in [0.15, 0.2) is 47.3 Å². The maximum absolute atomic E-state index is 12.3. The van der Waals surface area contributed by atoms with Crippen LogP contribution < -0.4 is 10.9 Å². The molecule has 2 aromatic heterocycles. The van der Waals surface area contributed by atoms with Gasteiger partial charge in [-0.3, -0.25) is 9.59 Å². The average molecular weight is 309 g/mol. The molecule has 3 aromatic rings. The van der Waals surface area contributed by atoms with Gasteiger partial charge in [-0.25, -0.2) is 4.98 Å². The van der Waals surface area contributed by atoms with Gasteiger partial charge in [-0.05, 0) is 25.1 Å². The summed E-state index contributed by atoms with van der Waals surface area (Å²) in [6.07, 6.45) is 0. The summed E-state index contributed by atoms with van der Waals surface area (Å²) in [5, 5.41) is 13.4. The van der Waals surface area contributed by atoms with Crippen molar-refractivity contribution in [2.75, 3.05) is 5.32 Å². The van der Waals surface area contributed by atoms with Crippen molar-refractivity contribution in [3.63, 3.8) is 0 Å². The molecule has 23 heavy (non-hydrogen) atoms. The van der Waals surface area contributed by atoms with E-state index in [1.54, 1.807) is 20.0 Å². The number of pyridine rings is 2. The number of nitrogens with one attached hydrogen (secondary N) is 1. The number of anilines is 1. The highest BCUT2D eigenvalue weighted by Gasteiger charge is 2.19. The summed E-state index contributed by atoms with van der Waals surface area (Å²) >= 11 is 0. The van der Waals surface area contributed by atoms with E-state index in [-0.39, 0.29) is 11.3 Å². The van der Waals surface area contributed by atoms with Gasteiger partial charge in [-0.2, -0.15) is 0 Å². The molecule has 116 valence electrons. The molecule has 1 amide bonds. The number of hydrogen-bond acceptors (Lipinski definition) is 4. The number of aryl methyl sites for hydroxylation is 1. The fourth-order valence-electron chi connectivity index (χ4n) is 2.33. The molecule has 3 rings (SSSR count). The highest BCUT2D eigenvalue weighted by molar-refractivity contribution is 6.05. The molecule has 2 N–H and O–H groups in total. The van der Waals surface area contributed by atoms with Crippen molar-refractivity contribution in [1.82, 2.24) is 9.55 Å². The first-order chi connectivity index (χ1) is 11.0. The van der Waals surface area contributed by atoms with Gasteiger partial charge in [0, 0.05) is 24.2 Å². The first-order valence-corrected chi connectivity index (χ1v) is 7.04. The Labute approximate surface area is 132 Å². The number of carbonyl (C=O) groups is 1. The quantitative estimate of drug-likeness (QED) is 0.760. The Kier molecular flexibility index (Phi) is 3.57. The van der Waals surface area contributed by atoms with Crippen LogP contribution in [-0.4, -0.2) is 20.6 Å². The van der Waals surface area contributed by atoms with Gasteiger partial charge in [0.15, 0.2) is 0 Å². The van der Waals surface area contributed by atoms with Gasteiger partial charge in [0.05, 0.1) is 5.52 Å². The second-order valence-corrected chi connectivity index (χ2v) is 5.25. The van der Waals surface area contributed by atoms with E-state index in [4.69, 9.17) is 0 Å². The number of amides is 1. The van der Waals surface area contributed by atoms with Crippen LogP contribution in [0.4, 0.5) is 5.82 Å². The van der Waals surface area contributed by atoms with Crippen LogP contribution in [0.25, 0.3) is 10.9 Å². The Morgan fingerprint density at radius 2 is 1.96 bits per heavy atom. The topological polar surface area (TPSA) is 84.2 Å². The largest absolute Gasteiger partial charge is 0.507 e. The standard InChI is InChI=1S/C17H15N3O3/c1-10-9-13(21)15(17(23)20(10)2)16(22)19-14-8-7-11-5-3-4-6-12(11)18-14/h3-9,21H,1-2H3,(H,18,19,22). The van der Waals surface area contributed by atoms with Gasteiger partial charge in [-0.1, -0.05) is 18.2 Å². The summed E-state index contributed by atoms with van der Waals surface area (Å²) in [4.78, 5) is 28.8. The maximum atomic E-state index is 12.3. The van der Waals surface area contributed by atoms with E-state index in [1.807, 2.05) is 30.3 Å². The van der Waals surface area contributed by atoms with Crippen molar-refractivity contribution in [1.29, 1.82) is 0 Å². The van der Waals surface area contributed by atoms with Gasteiger partial charge >= 0.3 is 0 Å². The Balaban J connectivity index is 1.98. The number of rotatable bonds is 2. The molecule has 0 saturated carbocycles. The lowest BCUT2D eigenvalue weighted by molar-refractivity contribution is 0.102. The van der Waals surface area contributed by atoms with Gasteiger partial charge in [0.1, 0.15) is 17.1 Å². The summed E-state index contributed by atoms with van der Waals surface area (Å²) in [5.74, 6) is -0.717. The molecular formula is C17H15N3O3. The Bertz CT molecular complexity index is 976. The predicted octanol–water partition coefficient (Wildman–Crippen LogP) is 2.20. The van der Waals surface area contributed by atoms with Crippen molar-refractivity contribution in [2.24, 2.45) is 7.05 Å². The number of aromatic hydroxyl groups is 1. The fraction of sp³-hybridized carbons (Fsp3) is 0.118. The Hall–Kier alpha value is -3.15. The summed E-state index contributed by atoms with van der Waals surface area (Å²) in [6, 6.07) is 12.3. The molecular weight excluding hydrogens is 294 g/mol. The molecule has 0 spiro atoms. The third-order valence-electron chi connectivity index (χ3n) is 3.72. The third-order valence-corrected chi connectivity index (χ3v) is 3.72. The lowest BCUT2D eigenvalue weighted by Crippen LogP contribution is -2.29. The highest BCUT2D eigenvalue weighted by atomic mass is 16.3. The molecule has 0 bridgehead atoms.